The van der Waals surface area contributed by atoms with Gasteiger partial charge in [-0.25, -0.2) is 4.98 Å². The fourth-order valence-electron chi connectivity index (χ4n) is 3.95. The minimum absolute atomic E-state index is 0.0931. The fourth-order valence-corrected chi connectivity index (χ4v) is 3.95. The highest BCUT2D eigenvalue weighted by Crippen LogP contribution is 2.34. The van der Waals surface area contributed by atoms with Gasteiger partial charge in [0.15, 0.2) is 0 Å². The van der Waals surface area contributed by atoms with Crippen molar-refractivity contribution in [3.05, 3.63) is 72.1 Å². The molecule has 1 saturated heterocycles. The van der Waals surface area contributed by atoms with E-state index in [1.54, 1.807) is 0 Å². The molecule has 132 valence electrons. The zero-order chi connectivity index (χ0) is 18.3. The Hall–Kier alpha value is -2.88. The van der Waals surface area contributed by atoms with E-state index in [0.717, 1.165) is 28.1 Å². The average molecular weight is 345 g/mol. The van der Waals surface area contributed by atoms with E-state index < -0.39 is 0 Å². The smallest absolute Gasteiger partial charge is 0.227 e. The Kier molecular flexibility index (Phi) is 4.11. The van der Waals surface area contributed by atoms with Crippen molar-refractivity contribution in [2.45, 2.75) is 32.7 Å². The minimum Gasteiger partial charge on any atom is -0.324 e. The van der Waals surface area contributed by atoms with Gasteiger partial charge in [0.05, 0.1) is 11.0 Å². The molecule has 2 heterocycles. The number of fused-ring (bicyclic) bond motifs is 1. The van der Waals surface area contributed by atoms with Gasteiger partial charge in [0, 0.05) is 31.1 Å². The molecular formula is C22H23N3O. The van der Waals surface area contributed by atoms with Crippen LogP contribution in [0.15, 0.2) is 55.1 Å². The number of aromatic nitrogens is 2. The van der Waals surface area contributed by atoms with Gasteiger partial charge in [0.25, 0.3) is 0 Å². The van der Waals surface area contributed by atoms with Gasteiger partial charge in [-0.3, -0.25) is 4.79 Å². The standard InChI is InChI=1S/C22H23N3O/c1-4-11-24-20-8-6-5-7-18(20)23-22(24)17-13-21(26)25(14-17)19-10-9-15(2)12-16(19)3/h4-10,12,17H,1,11,13-14H2,2-3H3. The molecule has 2 aromatic carbocycles. The van der Waals surface area contributed by atoms with Crippen molar-refractivity contribution in [1.29, 1.82) is 0 Å². The Morgan fingerprint density at radius 2 is 2.04 bits per heavy atom. The quantitative estimate of drug-likeness (QED) is 0.659. The summed E-state index contributed by atoms with van der Waals surface area (Å²) in [6.07, 6.45) is 2.38. The van der Waals surface area contributed by atoms with Gasteiger partial charge in [-0.2, -0.15) is 0 Å². The van der Waals surface area contributed by atoms with Crippen LogP contribution in [0.1, 0.15) is 29.3 Å². The third-order valence-electron chi connectivity index (χ3n) is 5.13. The number of allylic oxidation sites excluding steroid dienone is 1. The van der Waals surface area contributed by atoms with Crippen molar-refractivity contribution in [1.82, 2.24) is 9.55 Å². The molecule has 26 heavy (non-hydrogen) atoms. The predicted molar refractivity (Wildman–Crippen MR) is 106 cm³/mol. The minimum atomic E-state index is 0.0931. The summed E-state index contributed by atoms with van der Waals surface area (Å²) < 4.78 is 2.19. The molecular weight excluding hydrogens is 322 g/mol. The van der Waals surface area contributed by atoms with Gasteiger partial charge in [-0.15, -0.1) is 6.58 Å². The van der Waals surface area contributed by atoms with Crippen LogP contribution in [0.4, 0.5) is 5.69 Å². The lowest BCUT2D eigenvalue weighted by atomic mass is 10.1. The summed E-state index contributed by atoms with van der Waals surface area (Å²) in [5.41, 5.74) is 5.43. The summed E-state index contributed by atoms with van der Waals surface area (Å²) in [6.45, 7) is 9.39. The summed E-state index contributed by atoms with van der Waals surface area (Å²) in [5.74, 6) is 1.24. The van der Waals surface area contributed by atoms with Gasteiger partial charge < -0.3 is 9.47 Å². The molecule has 0 saturated carbocycles. The first-order chi connectivity index (χ1) is 12.6. The van der Waals surface area contributed by atoms with E-state index in [4.69, 9.17) is 4.98 Å². The Morgan fingerprint density at radius 3 is 2.81 bits per heavy atom. The molecule has 0 radical (unpaired) electrons. The summed E-state index contributed by atoms with van der Waals surface area (Å²) in [6, 6.07) is 14.4. The number of hydrogen-bond donors (Lipinski definition) is 0. The predicted octanol–water partition coefficient (Wildman–Crippen LogP) is 4.36. The Bertz CT molecular complexity index is 1000. The van der Waals surface area contributed by atoms with Gasteiger partial charge in [0.2, 0.25) is 5.91 Å². The molecule has 0 spiro atoms. The first kappa shape index (κ1) is 16.6. The van der Waals surface area contributed by atoms with E-state index in [1.165, 1.54) is 5.56 Å². The van der Waals surface area contributed by atoms with Crippen LogP contribution >= 0.6 is 0 Å². The van der Waals surface area contributed by atoms with Crippen LogP contribution < -0.4 is 4.90 Å². The summed E-state index contributed by atoms with van der Waals surface area (Å²) in [7, 11) is 0. The molecule has 0 N–H and O–H groups in total. The molecule has 0 bridgehead atoms. The summed E-state index contributed by atoms with van der Waals surface area (Å²) >= 11 is 0. The maximum atomic E-state index is 12.7. The number of hydrogen-bond acceptors (Lipinski definition) is 2. The van der Waals surface area contributed by atoms with Crippen LogP contribution in [0.2, 0.25) is 0 Å². The lowest BCUT2D eigenvalue weighted by Crippen LogP contribution is -2.25. The Morgan fingerprint density at radius 1 is 1.23 bits per heavy atom. The molecule has 3 aromatic rings. The first-order valence-corrected chi connectivity index (χ1v) is 9.02. The molecule has 4 heteroatoms. The zero-order valence-electron chi connectivity index (χ0n) is 15.3. The maximum Gasteiger partial charge on any atom is 0.227 e. The monoisotopic (exact) mass is 345 g/mol. The zero-order valence-corrected chi connectivity index (χ0v) is 15.3. The van der Waals surface area contributed by atoms with Crippen LogP contribution in [0, 0.1) is 13.8 Å². The lowest BCUT2D eigenvalue weighted by Gasteiger charge is -2.19. The molecule has 1 aromatic heterocycles. The van der Waals surface area contributed by atoms with Gasteiger partial charge in [0.1, 0.15) is 5.82 Å². The normalized spacial score (nSPS) is 17.2. The highest BCUT2D eigenvalue weighted by Gasteiger charge is 2.35. The number of benzene rings is 2. The number of amides is 1. The number of rotatable bonds is 4. The van der Waals surface area contributed by atoms with Gasteiger partial charge in [-0.05, 0) is 37.6 Å². The second kappa shape index (κ2) is 6.45. The first-order valence-electron chi connectivity index (χ1n) is 9.02. The summed E-state index contributed by atoms with van der Waals surface area (Å²) in [4.78, 5) is 19.5. The molecule has 4 nitrogen and oxygen atoms in total. The van der Waals surface area contributed by atoms with Crippen molar-refractivity contribution >= 4 is 22.6 Å². The van der Waals surface area contributed by atoms with Crippen molar-refractivity contribution in [3.8, 4) is 0 Å². The molecule has 1 aliphatic heterocycles. The van der Waals surface area contributed by atoms with Crippen LogP contribution in [0.5, 0.6) is 0 Å². The largest absolute Gasteiger partial charge is 0.324 e. The van der Waals surface area contributed by atoms with E-state index >= 15 is 0 Å². The topological polar surface area (TPSA) is 38.1 Å². The van der Waals surface area contributed by atoms with E-state index in [1.807, 2.05) is 29.2 Å². The van der Waals surface area contributed by atoms with Gasteiger partial charge >= 0.3 is 0 Å². The second-order valence-corrected chi connectivity index (χ2v) is 7.05. The number of carbonyl (C=O) groups excluding carboxylic acids is 1. The average Bonchev–Trinajstić information content (AvgIpc) is 3.17. The maximum absolute atomic E-state index is 12.7. The van der Waals surface area contributed by atoms with Crippen molar-refractivity contribution < 1.29 is 4.79 Å². The summed E-state index contributed by atoms with van der Waals surface area (Å²) in [5, 5.41) is 0. The number of anilines is 1. The Labute approximate surface area is 153 Å². The highest BCUT2D eigenvalue weighted by molar-refractivity contribution is 5.97. The van der Waals surface area contributed by atoms with Crippen molar-refractivity contribution in [3.63, 3.8) is 0 Å². The molecule has 1 atom stereocenters. The number of para-hydroxylation sites is 2. The van der Waals surface area contributed by atoms with Gasteiger partial charge in [-0.1, -0.05) is 35.9 Å². The van der Waals surface area contributed by atoms with Crippen LogP contribution in [0.3, 0.4) is 0 Å². The number of imidazole rings is 1. The molecule has 4 rings (SSSR count). The van der Waals surface area contributed by atoms with Crippen molar-refractivity contribution in [2.75, 3.05) is 11.4 Å². The fraction of sp³-hybridized carbons (Fsp3) is 0.273. The molecule has 1 aliphatic rings. The van der Waals surface area contributed by atoms with Crippen LogP contribution in [-0.2, 0) is 11.3 Å². The molecule has 1 unspecified atom stereocenters. The third kappa shape index (κ3) is 2.71. The number of nitrogens with zero attached hydrogens (tertiary/aromatic N) is 3. The molecule has 0 aliphatic carbocycles. The van der Waals surface area contributed by atoms with E-state index in [-0.39, 0.29) is 11.8 Å². The number of aryl methyl sites for hydroxylation is 2. The van der Waals surface area contributed by atoms with E-state index in [0.29, 0.717) is 19.5 Å². The van der Waals surface area contributed by atoms with E-state index in [2.05, 4.69) is 49.3 Å². The van der Waals surface area contributed by atoms with Crippen molar-refractivity contribution in [2.24, 2.45) is 0 Å². The number of carbonyl (C=O) groups is 1. The lowest BCUT2D eigenvalue weighted by molar-refractivity contribution is -0.117. The third-order valence-corrected chi connectivity index (χ3v) is 5.13. The van der Waals surface area contributed by atoms with Crippen LogP contribution in [-0.4, -0.2) is 22.0 Å². The molecule has 1 amide bonds. The highest BCUT2D eigenvalue weighted by atomic mass is 16.2. The SMILES string of the molecule is C=CCn1c(C2CC(=O)N(c3ccc(C)cc3C)C2)nc2ccccc21. The van der Waals surface area contributed by atoms with Crippen LogP contribution in [0.25, 0.3) is 11.0 Å². The van der Waals surface area contributed by atoms with E-state index in [9.17, 15) is 4.79 Å². The second-order valence-electron chi connectivity index (χ2n) is 7.05. The molecule has 1 fully saturated rings. The Balaban J connectivity index is 1.72.